The Morgan fingerprint density at radius 1 is 0.607 bits per heavy atom. The molecule has 6 aliphatic rings. The minimum Gasteiger partial charge on any atom is -0.481 e. The molecule has 11 N–H and O–H groups in total. The number of benzene rings is 2. The molecule has 0 spiro atoms. The highest BCUT2D eigenvalue weighted by molar-refractivity contribution is 6.12. The average Bonchev–Trinajstić information content (AvgIpc) is 1.42. The monoisotopic (exact) mass is 1640 g/mol. The van der Waals surface area contributed by atoms with Crippen LogP contribution in [-0.4, -0.2) is 280 Å². The van der Waals surface area contributed by atoms with Gasteiger partial charge in [-0.1, -0.05) is 83.1 Å². The smallest absolute Gasteiger partial charge is 0.329 e. The summed E-state index contributed by atoms with van der Waals surface area (Å²) in [4.78, 5) is 266. The standard InChI is InChI=1S/C76H109N15O22.C2H4O2/c1-32(2)51(77)73(105)109-31-47(93)80-55(35(7)8)74(106)110-30-46(92)79-43-27-42(65(97)84-56-40(15)111-75(107)60(36(9)10)88(19)48(94)28-86(17)69(101)44-23-21-25-90(44)71(103)53(33(3)4)82-67(56)99)58-63(38(43)13)113-64-39(14)62(96)52(78)50(59(64)81-58)66(98)85-57-41(16)112-76(108)61(37(11)12)89(20)49(95)29-87(18)70(102)45-24-22-26-91(45)72(104)54(34(5)6)83-68(57)100;1-2(3)4/h27,32-37,40-41,44-45,51,53-57,60-61H,21-26,28-31,77-78H2,1-20H3,(H,79,92)(H,80,93)(H,82,99)(H,83,100)(H,84,97)(H,85,98);1H3,(H,3,4). The number of cyclic esters (lactones) is 2. The van der Waals surface area contributed by atoms with Crippen LogP contribution in [0.15, 0.2) is 15.3 Å². The van der Waals surface area contributed by atoms with Gasteiger partial charge < -0.3 is 101 Å². The first kappa shape index (κ1) is 94.4. The summed E-state index contributed by atoms with van der Waals surface area (Å²) in [6.45, 7) is 22.8. The first-order valence-electron chi connectivity index (χ1n) is 38.8. The number of nitrogens with two attached hydrogens (primary N) is 2. The molecule has 0 aromatic heterocycles. The number of carboxylic acids is 1. The number of hydrogen-bond donors (Lipinski definition) is 9. The lowest BCUT2D eigenvalue weighted by Gasteiger charge is -2.36. The van der Waals surface area contributed by atoms with Gasteiger partial charge in [-0.05, 0) is 95.0 Å². The van der Waals surface area contributed by atoms with Gasteiger partial charge in [0.15, 0.2) is 24.6 Å². The molecule has 5 heterocycles. The van der Waals surface area contributed by atoms with Gasteiger partial charge in [0.25, 0.3) is 29.6 Å². The number of nitrogen functional groups attached to an aromatic ring is 1. The first-order chi connectivity index (χ1) is 54.5. The van der Waals surface area contributed by atoms with Crippen LogP contribution in [0.3, 0.4) is 0 Å². The zero-order valence-electron chi connectivity index (χ0n) is 70.2. The van der Waals surface area contributed by atoms with Crippen molar-refractivity contribution < 1.29 is 110 Å². The van der Waals surface area contributed by atoms with E-state index in [0.29, 0.717) is 12.8 Å². The summed E-state index contributed by atoms with van der Waals surface area (Å²) in [7, 11) is 5.42. The molecule has 39 heteroatoms. The lowest BCUT2D eigenvalue weighted by atomic mass is 9.98. The minimum atomic E-state index is -2.02. The van der Waals surface area contributed by atoms with Gasteiger partial charge >= 0.3 is 23.9 Å². The molecule has 12 amide bonds. The highest BCUT2D eigenvalue weighted by atomic mass is 16.6. The van der Waals surface area contributed by atoms with E-state index in [0.717, 1.165) is 32.6 Å². The minimum absolute atomic E-state index is 0.0815. The van der Waals surface area contributed by atoms with E-state index in [2.05, 4.69) is 31.9 Å². The van der Waals surface area contributed by atoms with Gasteiger partial charge in [0.1, 0.15) is 83.8 Å². The second-order valence-electron chi connectivity index (χ2n) is 32.1. The number of likely N-dealkylation sites (N-methyl/N-ethyl adjacent to an activating group) is 4. The molecule has 117 heavy (non-hydrogen) atoms. The zero-order chi connectivity index (χ0) is 88.3. The molecule has 1 aliphatic carbocycles. The van der Waals surface area contributed by atoms with E-state index in [1.165, 1.54) is 65.7 Å². The lowest BCUT2D eigenvalue weighted by molar-refractivity contribution is -0.163. The molecule has 12 atom stereocenters. The SMILES string of the molecule is CC(=O)O.Cc1c2oc3c(C)c(NC(=O)COC(=O)C(NC(=O)COC(=O)C(N)C(C)C)C(C)C)cc(C(=O)NC4C(=O)NC(C(C)C)C(=O)N5CCCC5C(=O)N(C)CC(=O)N(C)C(C(C)C)C(=O)OC4C)c3nc-2c(C(=O)NC2C(=O)NC(C(C)C)C(=O)N3CCCC3C(=O)N(C)CC(=O)N(C)C(C(C)C)C(=O)OC2C)c(N)c1=O. The van der Waals surface area contributed by atoms with Gasteiger partial charge in [-0.15, -0.1) is 0 Å². The zero-order valence-corrected chi connectivity index (χ0v) is 70.2. The normalized spacial score (nSPS) is 23.1. The highest BCUT2D eigenvalue weighted by Gasteiger charge is 2.47. The summed E-state index contributed by atoms with van der Waals surface area (Å²) in [5.74, 6) is -20.1. The third-order valence-corrected chi connectivity index (χ3v) is 20.9. The van der Waals surface area contributed by atoms with E-state index in [9.17, 15) is 62.3 Å². The number of aromatic nitrogens is 1. The van der Waals surface area contributed by atoms with Gasteiger partial charge in [-0.25, -0.2) is 19.4 Å². The quantitative estimate of drug-likeness (QED) is 0.0349. The van der Waals surface area contributed by atoms with E-state index in [-0.39, 0.29) is 48.7 Å². The molecular weight excluding hydrogens is 1530 g/mol. The predicted molar refractivity (Wildman–Crippen MR) is 419 cm³/mol. The number of carboxylic acid groups (broad SMARTS) is 1. The Morgan fingerprint density at radius 3 is 1.45 bits per heavy atom. The van der Waals surface area contributed by atoms with E-state index >= 15 is 19.2 Å². The fraction of sp³-hybridized carbons (Fsp3) is 0.628. The molecule has 12 unspecified atom stereocenters. The maximum Gasteiger partial charge on any atom is 0.329 e. The number of carbonyl (C=O) groups excluding carboxylic acids is 16. The summed E-state index contributed by atoms with van der Waals surface area (Å²) >= 11 is 0. The van der Waals surface area contributed by atoms with Gasteiger partial charge in [-0.3, -0.25) is 71.9 Å². The summed E-state index contributed by atoms with van der Waals surface area (Å²) in [6.07, 6.45) is -2.23. The highest BCUT2D eigenvalue weighted by Crippen LogP contribution is 2.38. The Labute approximate surface area is 677 Å². The molecule has 39 nitrogen and oxygen atoms in total. The molecule has 0 bridgehead atoms. The molecule has 644 valence electrons. The van der Waals surface area contributed by atoms with Crippen molar-refractivity contribution in [2.75, 3.05) is 78.6 Å². The van der Waals surface area contributed by atoms with Crippen molar-refractivity contribution in [1.82, 2.24) is 61.0 Å². The number of rotatable bonds is 18. The first-order valence-corrected chi connectivity index (χ1v) is 38.8. The number of aryl methyl sites for hydroxylation is 1. The van der Waals surface area contributed by atoms with E-state index in [4.69, 9.17) is 49.7 Å². The van der Waals surface area contributed by atoms with Crippen molar-refractivity contribution >= 4 is 123 Å². The summed E-state index contributed by atoms with van der Waals surface area (Å²) in [5.41, 5.74) is 7.00. The number of aliphatic carboxylic acids is 1. The number of hydrogen-bond acceptors (Lipinski definition) is 26. The Kier molecular flexibility index (Phi) is 32.3. The molecule has 1 aromatic carbocycles. The maximum absolute atomic E-state index is 15.9. The van der Waals surface area contributed by atoms with Crippen molar-refractivity contribution in [3.8, 4) is 11.5 Å². The molecule has 5 aliphatic heterocycles. The van der Waals surface area contributed by atoms with Crippen molar-refractivity contribution in [2.24, 2.45) is 41.2 Å². The Balaban J connectivity index is 0.00000519. The van der Waals surface area contributed by atoms with Crippen molar-refractivity contribution in [3.63, 3.8) is 0 Å². The van der Waals surface area contributed by atoms with Crippen molar-refractivity contribution in [1.29, 1.82) is 0 Å². The van der Waals surface area contributed by atoms with Crippen LogP contribution in [0.2, 0.25) is 0 Å². The summed E-state index contributed by atoms with van der Waals surface area (Å²) in [5, 5.41) is 22.9. The number of amides is 12. The number of nitrogens with one attached hydrogen (secondary N) is 6. The largest absolute Gasteiger partial charge is 0.481 e. The second kappa shape index (κ2) is 40.0. The van der Waals surface area contributed by atoms with Crippen molar-refractivity contribution in [3.05, 3.63) is 38.5 Å². The van der Waals surface area contributed by atoms with E-state index in [1.54, 1.807) is 83.1 Å². The molecular formula is C78H113N15O24. The molecule has 4 fully saturated rings. The molecule has 4 saturated heterocycles. The van der Waals surface area contributed by atoms with Crippen LogP contribution in [0.1, 0.15) is 161 Å². The number of anilines is 2. The number of nitrogens with zero attached hydrogens (tertiary/aromatic N) is 7. The van der Waals surface area contributed by atoms with Crippen LogP contribution in [0, 0.1) is 49.4 Å². The van der Waals surface area contributed by atoms with Gasteiger partial charge in [0.2, 0.25) is 52.7 Å². The number of esters is 4. The van der Waals surface area contributed by atoms with E-state index in [1.807, 2.05) is 0 Å². The number of fused-ring (bicyclic) bond motifs is 4. The van der Waals surface area contributed by atoms with Crippen LogP contribution in [0.25, 0.3) is 22.6 Å². The molecule has 1 aromatic rings. The van der Waals surface area contributed by atoms with Gasteiger partial charge in [0, 0.05) is 65.0 Å². The third-order valence-electron chi connectivity index (χ3n) is 20.9. The summed E-state index contributed by atoms with van der Waals surface area (Å²) in [6, 6.07) is -13.1. The number of ether oxygens (including phenoxy) is 4. The van der Waals surface area contributed by atoms with Crippen LogP contribution < -0.4 is 48.8 Å². The Hall–Kier alpha value is -11.4. The number of carbonyl (C=O) groups is 17. The van der Waals surface area contributed by atoms with Crippen LogP contribution in [0.5, 0.6) is 0 Å². The molecule has 0 radical (unpaired) electrons. The van der Waals surface area contributed by atoms with Gasteiger partial charge in [0.05, 0.1) is 29.9 Å². The predicted octanol–water partition coefficient (Wildman–Crippen LogP) is -0.0345. The Morgan fingerprint density at radius 2 is 1.03 bits per heavy atom. The topological polar surface area (TPSA) is 534 Å². The van der Waals surface area contributed by atoms with Crippen LogP contribution in [-0.2, 0) is 90.9 Å². The van der Waals surface area contributed by atoms with E-state index < -0.39 is 274 Å². The molecule has 7 rings (SSSR count). The second-order valence-corrected chi connectivity index (χ2v) is 32.1. The Bertz CT molecular complexity index is 4380. The van der Waals surface area contributed by atoms with Crippen molar-refractivity contribution in [2.45, 2.75) is 216 Å². The maximum atomic E-state index is 15.9. The fourth-order valence-electron chi connectivity index (χ4n) is 14.1. The average molecular weight is 1640 g/mol. The fourth-order valence-corrected chi connectivity index (χ4v) is 14.1. The molecule has 0 saturated carbocycles. The van der Waals surface area contributed by atoms with Gasteiger partial charge in [-0.2, -0.15) is 0 Å². The van der Waals surface area contributed by atoms with Crippen LogP contribution in [0.4, 0.5) is 11.4 Å². The lowest BCUT2D eigenvalue weighted by Crippen LogP contribution is -2.61. The summed E-state index contributed by atoms with van der Waals surface area (Å²) < 4.78 is 29.0. The third kappa shape index (κ3) is 22.2. The van der Waals surface area contributed by atoms with Crippen LogP contribution >= 0.6 is 0 Å².